The Kier molecular flexibility index (Phi) is 6.67. The van der Waals surface area contributed by atoms with Crippen molar-refractivity contribution in [1.29, 1.82) is 0 Å². The summed E-state index contributed by atoms with van der Waals surface area (Å²) in [5.41, 5.74) is 4.98. The molecule has 2 fully saturated rings. The minimum Gasteiger partial charge on any atom is -0.481 e. The zero-order valence-corrected chi connectivity index (χ0v) is 22.7. The number of carboxylic acid groups (broad SMARTS) is 1. The van der Waals surface area contributed by atoms with Gasteiger partial charge in [0, 0.05) is 47.4 Å². The number of nitrogens with zero attached hydrogens (tertiary/aromatic N) is 2. The molecule has 0 aliphatic heterocycles. The molecular weight excluding hydrogens is 512 g/mol. The summed E-state index contributed by atoms with van der Waals surface area (Å²) in [6.45, 7) is 3.13. The maximum atomic E-state index is 13.5. The second kappa shape index (κ2) is 10.2. The number of hydrogen-bond donors (Lipinski definition) is 1. The Morgan fingerprint density at radius 2 is 1.82 bits per heavy atom. The molecule has 2 saturated carbocycles. The molecule has 6 rings (SSSR count). The van der Waals surface area contributed by atoms with E-state index in [9.17, 15) is 14.7 Å². The second-order valence-corrected chi connectivity index (χ2v) is 11.6. The zero-order chi connectivity index (χ0) is 27.1. The quantitative estimate of drug-likeness (QED) is 0.225. The molecule has 1 N–H and O–H groups in total. The Balaban J connectivity index is 1.18. The number of aromatic nitrogens is 2. The summed E-state index contributed by atoms with van der Waals surface area (Å²) >= 11 is 6.53. The van der Waals surface area contributed by atoms with Crippen molar-refractivity contribution < 1.29 is 19.4 Å². The minimum absolute atomic E-state index is 0.128. The molecular formula is C32H31ClN2O4. The van der Waals surface area contributed by atoms with Gasteiger partial charge in [0.1, 0.15) is 0 Å². The van der Waals surface area contributed by atoms with E-state index in [0.717, 1.165) is 53.3 Å². The van der Waals surface area contributed by atoms with Crippen LogP contribution >= 0.6 is 11.6 Å². The van der Waals surface area contributed by atoms with Crippen LogP contribution in [0.4, 0.5) is 0 Å². The van der Waals surface area contributed by atoms with E-state index < -0.39 is 5.97 Å². The Hall–Kier alpha value is -3.64. The maximum absolute atomic E-state index is 13.5. The molecule has 4 aromatic rings. The predicted molar refractivity (Wildman–Crippen MR) is 151 cm³/mol. The number of hydrogen-bond acceptors (Lipinski definition) is 4. The van der Waals surface area contributed by atoms with Crippen molar-refractivity contribution >= 4 is 34.3 Å². The molecule has 0 bridgehead atoms. The normalized spacial score (nSPS) is 21.9. The largest absolute Gasteiger partial charge is 0.481 e. The summed E-state index contributed by atoms with van der Waals surface area (Å²) in [6.07, 6.45) is 7.67. The first-order valence-corrected chi connectivity index (χ1v) is 13.9. The van der Waals surface area contributed by atoms with Crippen LogP contribution in [0.15, 0.2) is 67.0 Å². The third-order valence-corrected chi connectivity index (χ3v) is 8.79. The van der Waals surface area contributed by atoms with Crippen molar-refractivity contribution in [2.45, 2.75) is 45.6 Å². The molecule has 2 aliphatic rings. The number of halogens is 1. The van der Waals surface area contributed by atoms with Crippen LogP contribution in [0.3, 0.4) is 0 Å². The van der Waals surface area contributed by atoms with E-state index in [0.29, 0.717) is 42.0 Å². The van der Waals surface area contributed by atoms with Gasteiger partial charge in [-0.15, -0.1) is 0 Å². The van der Waals surface area contributed by atoms with Gasteiger partial charge in [0.05, 0.1) is 18.0 Å². The molecule has 0 radical (unpaired) electrons. The van der Waals surface area contributed by atoms with Gasteiger partial charge in [0.2, 0.25) is 5.88 Å². The molecule has 2 heterocycles. The number of carbonyl (C=O) groups excluding carboxylic acids is 1. The van der Waals surface area contributed by atoms with E-state index in [1.54, 1.807) is 6.20 Å². The molecule has 0 amide bonds. The standard InChI is InChI=1S/C32H31ClN2O4/c1-2-39-29-14-23(9-11-34-29)22-5-3-20(4-6-22)19-35-12-10-25-27(33)8-7-26(30(25)35)28(36)13-21-15-32(16-21)17-24(18-32)31(37)38/h3-12,14,21,24H,2,13,15-19H2,1H3,(H,37,38). The number of rotatable bonds is 9. The first kappa shape index (κ1) is 25.6. The van der Waals surface area contributed by atoms with E-state index in [1.807, 2.05) is 43.5 Å². The molecule has 0 unspecified atom stereocenters. The number of Topliss-reactive ketones (excluding diaryl/α,β-unsaturated/α-hetero) is 1. The maximum Gasteiger partial charge on any atom is 0.306 e. The van der Waals surface area contributed by atoms with E-state index in [4.69, 9.17) is 16.3 Å². The predicted octanol–water partition coefficient (Wildman–Crippen LogP) is 7.27. The van der Waals surface area contributed by atoms with Crippen LogP contribution in [0.25, 0.3) is 22.0 Å². The topological polar surface area (TPSA) is 81.4 Å². The summed E-state index contributed by atoms with van der Waals surface area (Å²) < 4.78 is 7.64. The van der Waals surface area contributed by atoms with Crippen molar-refractivity contribution in [3.63, 3.8) is 0 Å². The van der Waals surface area contributed by atoms with Gasteiger partial charge in [-0.05, 0) is 84.9 Å². The van der Waals surface area contributed by atoms with E-state index >= 15 is 0 Å². The van der Waals surface area contributed by atoms with Crippen LogP contribution in [0.1, 0.15) is 54.9 Å². The van der Waals surface area contributed by atoms with Gasteiger partial charge in [-0.25, -0.2) is 4.98 Å². The van der Waals surface area contributed by atoms with E-state index in [2.05, 4.69) is 33.8 Å². The van der Waals surface area contributed by atoms with Crippen molar-refractivity contribution in [1.82, 2.24) is 9.55 Å². The van der Waals surface area contributed by atoms with Crippen LogP contribution < -0.4 is 4.74 Å². The van der Waals surface area contributed by atoms with Gasteiger partial charge in [-0.1, -0.05) is 35.9 Å². The molecule has 2 aromatic carbocycles. The fourth-order valence-corrected chi connectivity index (χ4v) is 6.85. The lowest BCUT2D eigenvalue weighted by molar-refractivity contribution is -0.157. The zero-order valence-electron chi connectivity index (χ0n) is 21.9. The Labute approximate surface area is 232 Å². The van der Waals surface area contributed by atoms with Gasteiger partial charge in [-0.2, -0.15) is 0 Å². The van der Waals surface area contributed by atoms with Gasteiger partial charge >= 0.3 is 5.97 Å². The average molecular weight is 543 g/mol. The first-order chi connectivity index (χ1) is 18.8. The highest BCUT2D eigenvalue weighted by atomic mass is 35.5. The molecule has 0 saturated heterocycles. The number of carboxylic acids is 1. The highest BCUT2D eigenvalue weighted by Crippen LogP contribution is 2.62. The lowest BCUT2D eigenvalue weighted by Crippen LogP contribution is -2.50. The second-order valence-electron chi connectivity index (χ2n) is 11.2. The molecule has 39 heavy (non-hydrogen) atoms. The molecule has 200 valence electrons. The molecule has 2 aromatic heterocycles. The lowest BCUT2D eigenvalue weighted by Gasteiger charge is -2.56. The smallest absolute Gasteiger partial charge is 0.306 e. The number of aliphatic carboxylic acids is 1. The number of ketones is 1. The average Bonchev–Trinajstić information content (AvgIpc) is 3.30. The minimum atomic E-state index is -0.688. The van der Waals surface area contributed by atoms with Gasteiger partial charge in [0.25, 0.3) is 0 Å². The summed E-state index contributed by atoms with van der Waals surface area (Å²) in [6, 6.07) is 17.9. The molecule has 2 aliphatic carbocycles. The van der Waals surface area contributed by atoms with Crippen molar-refractivity contribution in [2.75, 3.05) is 6.61 Å². The Bertz CT molecular complexity index is 1540. The summed E-state index contributed by atoms with van der Waals surface area (Å²) in [5.74, 6) is 0.176. The monoisotopic (exact) mass is 542 g/mol. The highest BCUT2D eigenvalue weighted by Gasteiger charge is 2.54. The van der Waals surface area contributed by atoms with E-state index in [1.165, 1.54) is 0 Å². The number of ether oxygens (including phenoxy) is 1. The van der Waals surface area contributed by atoms with Crippen LogP contribution in [0.2, 0.25) is 5.02 Å². The Morgan fingerprint density at radius 3 is 2.54 bits per heavy atom. The highest BCUT2D eigenvalue weighted by molar-refractivity contribution is 6.36. The number of benzene rings is 2. The third kappa shape index (κ3) is 4.94. The number of carbonyl (C=O) groups is 2. The SMILES string of the molecule is CCOc1cc(-c2ccc(Cn3ccc4c(Cl)ccc(C(=O)CC5CC6(C5)CC(C(=O)O)C6)c43)cc2)ccn1. The molecule has 7 heteroatoms. The third-order valence-electron chi connectivity index (χ3n) is 8.47. The first-order valence-electron chi connectivity index (χ1n) is 13.6. The van der Waals surface area contributed by atoms with Crippen LogP contribution in [-0.4, -0.2) is 33.0 Å². The van der Waals surface area contributed by atoms with Crippen molar-refractivity contribution in [3.05, 3.63) is 83.1 Å². The fourth-order valence-electron chi connectivity index (χ4n) is 6.64. The van der Waals surface area contributed by atoms with Gasteiger partial charge in [0.15, 0.2) is 5.78 Å². The van der Waals surface area contributed by atoms with Gasteiger partial charge < -0.3 is 14.4 Å². The number of pyridine rings is 1. The van der Waals surface area contributed by atoms with Crippen molar-refractivity contribution in [2.24, 2.45) is 17.3 Å². The van der Waals surface area contributed by atoms with Gasteiger partial charge in [-0.3, -0.25) is 9.59 Å². The van der Waals surface area contributed by atoms with Crippen LogP contribution in [0.5, 0.6) is 5.88 Å². The molecule has 1 spiro atoms. The van der Waals surface area contributed by atoms with Crippen LogP contribution in [-0.2, 0) is 11.3 Å². The molecule has 0 atom stereocenters. The molecule has 6 nitrogen and oxygen atoms in total. The van der Waals surface area contributed by atoms with Crippen LogP contribution in [0, 0.1) is 17.3 Å². The summed E-state index contributed by atoms with van der Waals surface area (Å²) in [7, 11) is 0. The summed E-state index contributed by atoms with van der Waals surface area (Å²) in [4.78, 5) is 28.9. The number of fused-ring (bicyclic) bond motifs is 1. The summed E-state index contributed by atoms with van der Waals surface area (Å²) in [5, 5.41) is 10.7. The van der Waals surface area contributed by atoms with Crippen molar-refractivity contribution in [3.8, 4) is 17.0 Å². The lowest BCUT2D eigenvalue weighted by atomic mass is 9.47. The Morgan fingerprint density at radius 1 is 1.05 bits per heavy atom. The van der Waals surface area contributed by atoms with E-state index in [-0.39, 0.29) is 17.1 Å². The fraction of sp³-hybridized carbons (Fsp3) is 0.344.